The van der Waals surface area contributed by atoms with E-state index in [-0.39, 0.29) is 11.8 Å². The molecule has 104 valence electrons. The highest BCUT2D eigenvalue weighted by Gasteiger charge is 2.05. The third-order valence-corrected chi connectivity index (χ3v) is 2.62. The maximum Gasteiger partial charge on any atom is 0.251 e. The molecular formula is C14H21N3O2. The van der Waals surface area contributed by atoms with Gasteiger partial charge in [0.05, 0.1) is 0 Å². The molecule has 5 heteroatoms. The van der Waals surface area contributed by atoms with Crippen molar-refractivity contribution in [2.45, 2.75) is 19.9 Å². The van der Waals surface area contributed by atoms with Gasteiger partial charge in [-0.15, -0.1) is 0 Å². The fraction of sp³-hybridized carbons (Fsp3) is 0.429. The zero-order chi connectivity index (χ0) is 14.1. The predicted octanol–water partition coefficient (Wildman–Crippen LogP) is 0.662. The van der Waals surface area contributed by atoms with Crippen molar-refractivity contribution < 1.29 is 9.59 Å². The van der Waals surface area contributed by atoms with E-state index in [9.17, 15) is 9.59 Å². The number of rotatable bonds is 7. The van der Waals surface area contributed by atoms with E-state index in [0.717, 1.165) is 5.56 Å². The number of amides is 2. The quantitative estimate of drug-likeness (QED) is 0.677. The van der Waals surface area contributed by atoms with Crippen LogP contribution in [-0.4, -0.2) is 32.0 Å². The fourth-order valence-corrected chi connectivity index (χ4v) is 1.61. The lowest BCUT2D eigenvalue weighted by atomic mass is 10.1. The van der Waals surface area contributed by atoms with Crippen LogP contribution in [-0.2, 0) is 11.3 Å². The Labute approximate surface area is 113 Å². The third kappa shape index (κ3) is 5.52. The standard InChI is InChI=1S/C14H21N3O2/c1-3-16-14(19)12-6-4-5-11(9-12)10-17-13(18)7-8-15-2/h4-6,9,15H,3,7-8,10H2,1-2H3,(H,16,19)(H,17,18). The minimum atomic E-state index is -0.0918. The van der Waals surface area contributed by atoms with Gasteiger partial charge in [0.2, 0.25) is 5.91 Å². The molecule has 0 spiro atoms. The first kappa shape index (κ1) is 15.2. The Hall–Kier alpha value is -1.88. The molecule has 0 aromatic heterocycles. The Morgan fingerprint density at radius 2 is 2.00 bits per heavy atom. The second kappa shape index (κ2) is 8.26. The van der Waals surface area contributed by atoms with Gasteiger partial charge in [-0.1, -0.05) is 12.1 Å². The summed E-state index contributed by atoms with van der Waals surface area (Å²) in [6.45, 7) is 3.58. The molecule has 5 nitrogen and oxygen atoms in total. The first-order valence-corrected chi connectivity index (χ1v) is 6.45. The maximum absolute atomic E-state index is 11.7. The Bertz CT molecular complexity index is 432. The summed E-state index contributed by atoms with van der Waals surface area (Å²) in [5, 5.41) is 8.49. The minimum Gasteiger partial charge on any atom is -0.352 e. The van der Waals surface area contributed by atoms with Crippen LogP contribution < -0.4 is 16.0 Å². The van der Waals surface area contributed by atoms with Gasteiger partial charge in [0.1, 0.15) is 0 Å². The van der Waals surface area contributed by atoms with Crippen LogP contribution in [0.15, 0.2) is 24.3 Å². The van der Waals surface area contributed by atoms with Gasteiger partial charge in [-0.25, -0.2) is 0 Å². The molecule has 0 fully saturated rings. The first-order valence-electron chi connectivity index (χ1n) is 6.45. The topological polar surface area (TPSA) is 70.2 Å². The second-order valence-corrected chi connectivity index (χ2v) is 4.19. The van der Waals surface area contributed by atoms with Gasteiger partial charge < -0.3 is 16.0 Å². The molecule has 0 unspecified atom stereocenters. The van der Waals surface area contributed by atoms with E-state index in [0.29, 0.717) is 31.6 Å². The monoisotopic (exact) mass is 263 g/mol. The number of benzene rings is 1. The molecule has 19 heavy (non-hydrogen) atoms. The van der Waals surface area contributed by atoms with E-state index in [2.05, 4.69) is 16.0 Å². The number of carbonyl (C=O) groups is 2. The zero-order valence-corrected chi connectivity index (χ0v) is 11.5. The predicted molar refractivity (Wildman–Crippen MR) is 74.8 cm³/mol. The van der Waals surface area contributed by atoms with Crippen LogP contribution in [0.2, 0.25) is 0 Å². The van der Waals surface area contributed by atoms with Crippen molar-refractivity contribution >= 4 is 11.8 Å². The normalized spacial score (nSPS) is 10.0. The average Bonchev–Trinajstić information content (AvgIpc) is 2.43. The van der Waals surface area contributed by atoms with Gasteiger partial charge in [0, 0.05) is 31.6 Å². The van der Waals surface area contributed by atoms with Crippen LogP contribution in [0.3, 0.4) is 0 Å². The molecule has 3 N–H and O–H groups in total. The van der Waals surface area contributed by atoms with Gasteiger partial charge >= 0.3 is 0 Å². The second-order valence-electron chi connectivity index (χ2n) is 4.19. The Morgan fingerprint density at radius 3 is 2.68 bits per heavy atom. The lowest BCUT2D eigenvalue weighted by Crippen LogP contribution is -2.26. The molecule has 0 aliphatic heterocycles. The summed E-state index contributed by atoms with van der Waals surface area (Å²) in [6.07, 6.45) is 0.451. The number of hydrogen-bond acceptors (Lipinski definition) is 3. The molecule has 0 radical (unpaired) electrons. The Kier molecular flexibility index (Phi) is 6.60. The zero-order valence-electron chi connectivity index (χ0n) is 11.5. The minimum absolute atomic E-state index is 0.00207. The van der Waals surface area contributed by atoms with Crippen molar-refractivity contribution in [3.05, 3.63) is 35.4 Å². The van der Waals surface area contributed by atoms with E-state index >= 15 is 0 Å². The van der Waals surface area contributed by atoms with Gasteiger partial charge in [0.25, 0.3) is 5.91 Å². The van der Waals surface area contributed by atoms with Crippen LogP contribution in [0.25, 0.3) is 0 Å². The third-order valence-electron chi connectivity index (χ3n) is 2.62. The molecule has 0 aliphatic carbocycles. The van der Waals surface area contributed by atoms with E-state index in [1.807, 2.05) is 26.1 Å². The molecule has 0 aliphatic rings. The average molecular weight is 263 g/mol. The van der Waals surface area contributed by atoms with Crippen LogP contribution in [0.5, 0.6) is 0 Å². The highest BCUT2D eigenvalue weighted by molar-refractivity contribution is 5.94. The summed E-state index contributed by atoms with van der Waals surface area (Å²) in [6, 6.07) is 7.27. The lowest BCUT2D eigenvalue weighted by molar-refractivity contribution is -0.121. The number of hydrogen-bond donors (Lipinski definition) is 3. The number of carbonyl (C=O) groups excluding carboxylic acids is 2. The molecule has 0 saturated heterocycles. The van der Waals surface area contributed by atoms with Crippen LogP contribution in [0.1, 0.15) is 29.3 Å². The van der Waals surface area contributed by atoms with Gasteiger partial charge in [-0.05, 0) is 31.7 Å². The highest BCUT2D eigenvalue weighted by Crippen LogP contribution is 2.05. The smallest absolute Gasteiger partial charge is 0.251 e. The van der Waals surface area contributed by atoms with E-state index in [4.69, 9.17) is 0 Å². The maximum atomic E-state index is 11.7. The van der Waals surface area contributed by atoms with Crippen molar-refractivity contribution in [3.8, 4) is 0 Å². The highest BCUT2D eigenvalue weighted by atomic mass is 16.2. The summed E-state index contributed by atoms with van der Waals surface area (Å²) in [4.78, 5) is 23.1. The summed E-state index contributed by atoms with van der Waals surface area (Å²) in [7, 11) is 1.81. The van der Waals surface area contributed by atoms with E-state index in [1.54, 1.807) is 12.1 Å². The molecule has 0 atom stereocenters. The van der Waals surface area contributed by atoms with Crippen molar-refractivity contribution in [1.29, 1.82) is 0 Å². The molecular weight excluding hydrogens is 242 g/mol. The SMILES string of the molecule is CCNC(=O)c1cccc(CNC(=O)CCNC)c1. The van der Waals surface area contributed by atoms with Crippen LogP contribution in [0.4, 0.5) is 0 Å². The lowest BCUT2D eigenvalue weighted by Gasteiger charge is -2.07. The van der Waals surface area contributed by atoms with Crippen LogP contribution >= 0.6 is 0 Å². The summed E-state index contributed by atoms with van der Waals surface area (Å²) in [5.74, 6) is -0.0939. The van der Waals surface area contributed by atoms with Gasteiger partial charge in [-0.3, -0.25) is 9.59 Å². The summed E-state index contributed by atoms with van der Waals surface area (Å²) in [5.41, 5.74) is 1.53. The van der Waals surface area contributed by atoms with Crippen molar-refractivity contribution in [2.75, 3.05) is 20.1 Å². The van der Waals surface area contributed by atoms with Gasteiger partial charge in [0.15, 0.2) is 0 Å². The Morgan fingerprint density at radius 1 is 1.21 bits per heavy atom. The van der Waals surface area contributed by atoms with Gasteiger partial charge in [-0.2, -0.15) is 0 Å². The summed E-state index contributed by atoms with van der Waals surface area (Å²) < 4.78 is 0. The largest absolute Gasteiger partial charge is 0.352 e. The molecule has 0 heterocycles. The van der Waals surface area contributed by atoms with E-state index < -0.39 is 0 Å². The molecule has 2 amide bonds. The summed E-state index contributed by atoms with van der Waals surface area (Å²) >= 11 is 0. The van der Waals surface area contributed by atoms with Crippen molar-refractivity contribution in [3.63, 3.8) is 0 Å². The molecule has 1 aromatic rings. The Balaban J connectivity index is 2.52. The molecule has 1 rings (SSSR count). The van der Waals surface area contributed by atoms with Crippen LogP contribution in [0, 0.1) is 0 Å². The van der Waals surface area contributed by atoms with Crippen molar-refractivity contribution in [1.82, 2.24) is 16.0 Å². The number of nitrogens with one attached hydrogen (secondary N) is 3. The first-order chi connectivity index (χ1) is 9.17. The molecule has 1 aromatic carbocycles. The molecule has 0 saturated carbocycles. The molecule has 0 bridgehead atoms. The fourth-order valence-electron chi connectivity index (χ4n) is 1.61. The van der Waals surface area contributed by atoms with E-state index in [1.165, 1.54) is 0 Å². The van der Waals surface area contributed by atoms with Crippen molar-refractivity contribution in [2.24, 2.45) is 0 Å².